The van der Waals surface area contributed by atoms with Gasteiger partial charge in [0.2, 0.25) is 0 Å². The molecule has 3 heteroatoms. The average Bonchev–Trinajstić information content (AvgIpc) is 2.11. The predicted molar refractivity (Wildman–Crippen MR) is 50.1 cm³/mol. The van der Waals surface area contributed by atoms with Gasteiger partial charge < -0.3 is 5.11 Å². The van der Waals surface area contributed by atoms with Crippen molar-refractivity contribution in [2.45, 2.75) is 39.5 Å². The van der Waals surface area contributed by atoms with Gasteiger partial charge >= 0.3 is 5.97 Å². The van der Waals surface area contributed by atoms with Gasteiger partial charge in [-0.15, -0.1) is 0 Å². The minimum atomic E-state index is -1.10. The molecule has 0 heterocycles. The van der Waals surface area contributed by atoms with Crippen molar-refractivity contribution < 1.29 is 9.90 Å². The molecule has 0 spiro atoms. The zero-order valence-corrected chi connectivity index (χ0v) is 8.13. The molecule has 0 rings (SSSR count). The summed E-state index contributed by atoms with van der Waals surface area (Å²) in [5, 5.41) is 17.3. The molecule has 0 aliphatic rings. The Hall–Kier alpha value is -1.30. The fourth-order valence-corrected chi connectivity index (χ4v) is 1.15. The molecule has 3 nitrogen and oxygen atoms in total. The van der Waals surface area contributed by atoms with Gasteiger partial charge in [-0.25, -0.2) is 4.79 Å². The van der Waals surface area contributed by atoms with E-state index in [2.05, 4.69) is 0 Å². The highest BCUT2D eigenvalue weighted by atomic mass is 16.4. The fourth-order valence-electron chi connectivity index (χ4n) is 1.15. The van der Waals surface area contributed by atoms with Crippen LogP contribution in [0, 0.1) is 11.3 Å². The van der Waals surface area contributed by atoms with E-state index >= 15 is 0 Å². The van der Waals surface area contributed by atoms with E-state index in [1.54, 1.807) is 6.07 Å². The van der Waals surface area contributed by atoms with Crippen LogP contribution in [0.2, 0.25) is 0 Å². The molecular formula is C10H15NO2. The summed E-state index contributed by atoms with van der Waals surface area (Å²) in [4.78, 5) is 10.6. The van der Waals surface area contributed by atoms with Gasteiger partial charge in [0.25, 0.3) is 0 Å². The Kier molecular flexibility index (Phi) is 5.62. The number of carbonyl (C=O) groups is 1. The normalized spacial score (nSPS) is 11.8. The number of hydrogen-bond donors (Lipinski definition) is 1. The number of carboxylic acid groups (broad SMARTS) is 1. The molecule has 0 aromatic carbocycles. The van der Waals surface area contributed by atoms with Gasteiger partial charge in [-0.05, 0) is 24.8 Å². The summed E-state index contributed by atoms with van der Waals surface area (Å²) in [6, 6.07) is 1.74. The molecule has 1 N–H and O–H groups in total. The third kappa shape index (κ3) is 3.75. The standard InChI is InChI=1S/C10H15NO2/c1-3-5-6-8(4-2)9(7-11)10(12)13/h3-6H2,1-2H3,(H,12,13). The molecule has 0 saturated carbocycles. The van der Waals surface area contributed by atoms with E-state index in [1.807, 2.05) is 13.8 Å². The van der Waals surface area contributed by atoms with Crippen LogP contribution in [0.1, 0.15) is 39.5 Å². The van der Waals surface area contributed by atoms with E-state index in [1.165, 1.54) is 0 Å². The van der Waals surface area contributed by atoms with Crippen molar-refractivity contribution in [2.24, 2.45) is 0 Å². The van der Waals surface area contributed by atoms with Crippen LogP contribution in [0.4, 0.5) is 0 Å². The van der Waals surface area contributed by atoms with Gasteiger partial charge in [-0.2, -0.15) is 5.26 Å². The van der Waals surface area contributed by atoms with Crippen molar-refractivity contribution in [3.8, 4) is 6.07 Å². The number of nitrogens with zero attached hydrogens (tertiary/aromatic N) is 1. The Bertz CT molecular complexity index is 248. The van der Waals surface area contributed by atoms with Gasteiger partial charge in [0.1, 0.15) is 11.6 Å². The lowest BCUT2D eigenvalue weighted by atomic mass is 10.0. The third-order valence-corrected chi connectivity index (χ3v) is 1.94. The van der Waals surface area contributed by atoms with Crippen molar-refractivity contribution >= 4 is 5.97 Å². The quantitative estimate of drug-likeness (QED) is 0.523. The summed E-state index contributed by atoms with van der Waals surface area (Å²) < 4.78 is 0. The Labute approximate surface area is 78.7 Å². The van der Waals surface area contributed by atoms with Crippen molar-refractivity contribution in [2.75, 3.05) is 0 Å². The van der Waals surface area contributed by atoms with Crippen molar-refractivity contribution in [1.29, 1.82) is 5.26 Å². The van der Waals surface area contributed by atoms with Crippen molar-refractivity contribution in [1.82, 2.24) is 0 Å². The minimum absolute atomic E-state index is 0.0732. The zero-order chi connectivity index (χ0) is 10.3. The molecule has 0 bridgehead atoms. The minimum Gasteiger partial charge on any atom is -0.477 e. The summed E-state index contributed by atoms with van der Waals surface area (Å²) in [6.07, 6.45) is 3.33. The highest BCUT2D eigenvalue weighted by Crippen LogP contribution is 2.15. The van der Waals surface area contributed by atoms with Gasteiger partial charge in [-0.3, -0.25) is 0 Å². The SMILES string of the molecule is CCCCC(CC)=C(C#N)C(=O)O. The Balaban J connectivity index is 4.65. The predicted octanol–water partition coefficient (Wildman–Crippen LogP) is 2.49. The number of rotatable bonds is 5. The maximum absolute atomic E-state index is 10.6. The van der Waals surface area contributed by atoms with Crippen molar-refractivity contribution in [3.63, 3.8) is 0 Å². The Morgan fingerprint density at radius 1 is 1.46 bits per heavy atom. The van der Waals surface area contributed by atoms with Crippen LogP contribution >= 0.6 is 0 Å². The van der Waals surface area contributed by atoms with Gasteiger partial charge in [0.15, 0.2) is 0 Å². The largest absolute Gasteiger partial charge is 0.477 e. The van der Waals surface area contributed by atoms with E-state index in [-0.39, 0.29) is 5.57 Å². The summed E-state index contributed by atoms with van der Waals surface area (Å²) in [7, 11) is 0. The monoisotopic (exact) mass is 181 g/mol. The lowest BCUT2D eigenvalue weighted by Crippen LogP contribution is -2.02. The van der Waals surface area contributed by atoms with E-state index in [0.29, 0.717) is 6.42 Å². The van der Waals surface area contributed by atoms with Crippen LogP contribution in [-0.2, 0) is 4.79 Å². The number of nitriles is 1. The molecule has 0 aliphatic heterocycles. The maximum Gasteiger partial charge on any atom is 0.346 e. The summed E-state index contributed by atoms with van der Waals surface area (Å²) in [6.45, 7) is 3.92. The lowest BCUT2D eigenvalue weighted by Gasteiger charge is -2.03. The molecule has 0 aliphatic carbocycles. The van der Waals surface area contributed by atoms with Gasteiger partial charge in [0.05, 0.1) is 0 Å². The van der Waals surface area contributed by atoms with E-state index in [4.69, 9.17) is 10.4 Å². The number of aliphatic carboxylic acids is 1. The molecule has 0 aromatic rings. The number of carboxylic acids is 1. The third-order valence-electron chi connectivity index (χ3n) is 1.94. The molecule has 0 amide bonds. The molecule has 0 unspecified atom stereocenters. The molecule has 0 fully saturated rings. The highest BCUT2D eigenvalue weighted by molar-refractivity contribution is 5.91. The molecule has 0 saturated heterocycles. The molecular weight excluding hydrogens is 166 g/mol. The number of allylic oxidation sites excluding steroid dienone is 1. The topological polar surface area (TPSA) is 61.1 Å². The second-order valence-corrected chi connectivity index (χ2v) is 2.85. The average molecular weight is 181 g/mol. The second-order valence-electron chi connectivity index (χ2n) is 2.85. The van der Waals surface area contributed by atoms with Crippen LogP contribution < -0.4 is 0 Å². The molecule has 0 radical (unpaired) electrons. The summed E-state index contributed by atoms with van der Waals surface area (Å²) >= 11 is 0. The highest BCUT2D eigenvalue weighted by Gasteiger charge is 2.11. The van der Waals surface area contributed by atoms with Crippen molar-refractivity contribution in [3.05, 3.63) is 11.1 Å². The Morgan fingerprint density at radius 2 is 2.08 bits per heavy atom. The molecule has 13 heavy (non-hydrogen) atoms. The molecule has 72 valence electrons. The first kappa shape index (κ1) is 11.7. The maximum atomic E-state index is 10.6. The molecule has 0 atom stereocenters. The lowest BCUT2D eigenvalue weighted by molar-refractivity contribution is -0.132. The number of unbranched alkanes of at least 4 members (excludes halogenated alkanes) is 1. The van der Waals surface area contributed by atoms with Crippen LogP contribution in [-0.4, -0.2) is 11.1 Å². The summed E-state index contributed by atoms with van der Waals surface area (Å²) in [5.41, 5.74) is 0.688. The van der Waals surface area contributed by atoms with E-state index in [0.717, 1.165) is 24.8 Å². The fraction of sp³-hybridized carbons (Fsp3) is 0.600. The smallest absolute Gasteiger partial charge is 0.346 e. The first-order chi connectivity index (χ1) is 6.17. The second kappa shape index (κ2) is 6.24. The van der Waals surface area contributed by atoms with E-state index in [9.17, 15) is 4.79 Å². The van der Waals surface area contributed by atoms with Crippen LogP contribution in [0.5, 0.6) is 0 Å². The first-order valence-electron chi connectivity index (χ1n) is 4.52. The van der Waals surface area contributed by atoms with Crippen LogP contribution in [0.25, 0.3) is 0 Å². The van der Waals surface area contributed by atoms with Gasteiger partial charge in [0, 0.05) is 0 Å². The molecule has 0 aromatic heterocycles. The van der Waals surface area contributed by atoms with E-state index < -0.39 is 5.97 Å². The zero-order valence-electron chi connectivity index (χ0n) is 8.13. The Morgan fingerprint density at radius 3 is 2.38 bits per heavy atom. The number of hydrogen-bond acceptors (Lipinski definition) is 2. The van der Waals surface area contributed by atoms with Gasteiger partial charge in [-0.1, -0.05) is 20.3 Å². The van der Waals surface area contributed by atoms with Crippen LogP contribution in [0.15, 0.2) is 11.1 Å². The van der Waals surface area contributed by atoms with Crippen LogP contribution in [0.3, 0.4) is 0 Å². The first-order valence-corrected chi connectivity index (χ1v) is 4.52. The summed E-state index contributed by atoms with van der Waals surface area (Å²) in [5.74, 6) is -1.10.